The maximum absolute atomic E-state index is 12.1. The summed E-state index contributed by atoms with van der Waals surface area (Å²) >= 11 is 0. The summed E-state index contributed by atoms with van der Waals surface area (Å²) in [6.07, 6.45) is 3.51. The molecule has 124 valence electrons. The first-order chi connectivity index (χ1) is 9.86. The molecule has 0 saturated heterocycles. The second-order valence-corrected chi connectivity index (χ2v) is 7.10. The molecule has 2 unspecified atom stereocenters. The highest BCUT2D eigenvalue weighted by molar-refractivity contribution is 7.89. The minimum Gasteiger partial charge on any atom is -0.352 e. The number of nitrogens with two attached hydrogens (primary N) is 2. The fourth-order valence-corrected chi connectivity index (χ4v) is 3.22. The third-order valence-corrected chi connectivity index (χ3v) is 4.69. The van der Waals surface area contributed by atoms with Gasteiger partial charge in [0.1, 0.15) is 0 Å². The number of primary sulfonamides is 1. The molecule has 0 heterocycles. The third kappa shape index (κ3) is 5.24. The van der Waals surface area contributed by atoms with Crippen molar-refractivity contribution in [3.05, 3.63) is 29.8 Å². The molecular formula is C14H22ClN3O3S. The smallest absolute Gasteiger partial charge is 0.238 e. The Morgan fingerprint density at radius 3 is 2.68 bits per heavy atom. The summed E-state index contributed by atoms with van der Waals surface area (Å²) < 4.78 is 22.6. The molecular weight excluding hydrogens is 326 g/mol. The van der Waals surface area contributed by atoms with Crippen molar-refractivity contribution in [3.8, 4) is 0 Å². The van der Waals surface area contributed by atoms with Gasteiger partial charge in [-0.3, -0.25) is 4.79 Å². The van der Waals surface area contributed by atoms with E-state index in [0.29, 0.717) is 12.0 Å². The average Bonchev–Trinajstić information content (AvgIpc) is 2.44. The Bertz CT molecular complexity index is 622. The van der Waals surface area contributed by atoms with Crippen LogP contribution in [0.25, 0.3) is 0 Å². The van der Waals surface area contributed by atoms with Gasteiger partial charge in [-0.1, -0.05) is 18.6 Å². The first-order valence-corrected chi connectivity index (χ1v) is 8.56. The van der Waals surface area contributed by atoms with Crippen LogP contribution in [0.15, 0.2) is 29.2 Å². The summed E-state index contributed by atoms with van der Waals surface area (Å²) in [7, 11) is -3.72. The minimum atomic E-state index is -3.72. The van der Waals surface area contributed by atoms with Gasteiger partial charge in [0.15, 0.2) is 0 Å². The average molecular weight is 348 g/mol. The van der Waals surface area contributed by atoms with Crippen LogP contribution in [-0.4, -0.2) is 20.4 Å². The molecule has 6 nitrogen and oxygen atoms in total. The predicted octanol–water partition coefficient (Wildman–Crippen LogP) is 0.890. The second-order valence-electron chi connectivity index (χ2n) is 5.53. The van der Waals surface area contributed by atoms with Crippen LogP contribution in [0.4, 0.5) is 0 Å². The first kappa shape index (κ1) is 18.9. The van der Waals surface area contributed by atoms with Gasteiger partial charge in [-0.2, -0.15) is 0 Å². The lowest BCUT2D eigenvalue weighted by molar-refractivity contribution is -0.126. The van der Waals surface area contributed by atoms with E-state index in [9.17, 15) is 13.2 Å². The van der Waals surface area contributed by atoms with Gasteiger partial charge in [0.25, 0.3) is 0 Å². The molecule has 1 aromatic rings. The summed E-state index contributed by atoms with van der Waals surface area (Å²) in [5.41, 5.74) is 6.58. The highest BCUT2D eigenvalue weighted by atomic mass is 35.5. The van der Waals surface area contributed by atoms with E-state index < -0.39 is 10.0 Å². The van der Waals surface area contributed by atoms with Crippen molar-refractivity contribution in [2.24, 2.45) is 16.8 Å². The zero-order valence-corrected chi connectivity index (χ0v) is 13.8. The van der Waals surface area contributed by atoms with Gasteiger partial charge in [-0.05, 0) is 37.0 Å². The van der Waals surface area contributed by atoms with Crippen LogP contribution in [0.5, 0.6) is 0 Å². The van der Waals surface area contributed by atoms with E-state index >= 15 is 0 Å². The molecule has 0 radical (unpaired) electrons. The molecule has 1 fully saturated rings. The van der Waals surface area contributed by atoms with E-state index in [1.165, 1.54) is 12.1 Å². The van der Waals surface area contributed by atoms with E-state index in [2.05, 4.69) is 5.32 Å². The van der Waals surface area contributed by atoms with Gasteiger partial charge in [-0.25, -0.2) is 13.6 Å². The SMILES string of the molecule is Cl.NC1CCCC(C(=O)NCc2cccc(S(N)(=O)=O)c2)C1. The van der Waals surface area contributed by atoms with Gasteiger partial charge in [0.2, 0.25) is 15.9 Å². The number of sulfonamides is 1. The van der Waals surface area contributed by atoms with Crippen molar-refractivity contribution in [3.63, 3.8) is 0 Å². The lowest BCUT2D eigenvalue weighted by Crippen LogP contribution is -2.37. The fraction of sp³-hybridized carbons (Fsp3) is 0.500. The van der Waals surface area contributed by atoms with Crippen molar-refractivity contribution in [2.45, 2.75) is 43.2 Å². The summed E-state index contributed by atoms with van der Waals surface area (Å²) in [5.74, 6) is -0.0682. The molecule has 0 aromatic heterocycles. The summed E-state index contributed by atoms with van der Waals surface area (Å²) in [6, 6.07) is 6.36. The number of hydrogen-bond donors (Lipinski definition) is 3. The molecule has 8 heteroatoms. The molecule has 2 atom stereocenters. The number of carbonyl (C=O) groups is 1. The van der Waals surface area contributed by atoms with Crippen LogP contribution >= 0.6 is 12.4 Å². The maximum atomic E-state index is 12.1. The van der Waals surface area contributed by atoms with Crippen LogP contribution in [0.2, 0.25) is 0 Å². The lowest BCUT2D eigenvalue weighted by Gasteiger charge is -2.25. The topological polar surface area (TPSA) is 115 Å². The third-order valence-electron chi connectivity index (χ3n) is 3.78. The number of rotatable bonds is 4. The van der Waals surface area contributed by atoms with Gasteiger partial charge in [-0.15, -0.1) is 12.4 Å². The predicted molar refractivity (Wildman–Crippen MR) is 86.8 cm³/mol. The van der Waals surface area contributed by atoms with E-state index in [0.717, 1.165) is 19.3 Å². The van der Waals surface area contributed by atoms with Gasteiger partial charge in [0, 0.05) is 18.5 Å². The van der Waals surface area contributed by atoms with Crippen molar-refractivity contribution < 1.29 is 13.2 Å². The largest absolute Gasteiger partial charge is 0.352 e. The summed E-state index contributed by atoms with van der Waals surface area (Å²) in [4.78, 5) is 12.1. The van der Waals surface area contributed by atoms with Crippen LogP contribution in [0.3, 0.4) is 0 Å². The summed E-state index contributed by atoms with van der Waals surface area (Å²) in [6.45, 7) is 0.286. The maximum Gasteiger partial charge on any atom is 0.238 e. The Morgan fingerprint density at radius 1 is 1.32 bits per heavy atom. The standard InChI is InChI=1S/C14H21N3O3S.ClH/c15-12-5-2-4-11(8-12)14(18)17-9-10-3-1-6-13(7-10)21(16,19)20;/h1,3,6-7,11-12H,2,4-5,8-9,15H2,(H,17,18)(H2,16,19,20);1H. The monoisotopic (exact) mass is 347 g/mol. The molecule has 1 saturated carbocycles. The molecule has 2 rings (SSSR count). The molecule has 5 N–H and O–H groups in total. The molecule has 0 aliphatic heterocycles. The Balaban J connectivity index is 0.00000242. The van der Waals surface area contributed by atoms with Crippen LogP contribution < -0.4 is 16.2 Å². The van der Waals surface area contributed by atoms with E-state index in [-0.39, 0.29) is 41.7 Å². The Hall–Kier alpha value is -1.15. The Morgan fingerprint density at radius 2 is 2.05 bits per heavy atom. The Kier molecular flexibility index (Phi) is 6.80. The second kappa shape index (κ2) is 7.92. The zero-order chi connectivity index (χ0) is 15.5. The van der Waals surface area contributed by atoms with Crippen molar-refractivity contribution in [1.29, 1.82) is 0 Å². The molecule has 22 heavy (non-hydrogen) atoms. The molecule has 1 aliphatic rings. The van der Waals surface area contributed by atoms with Crippen LogP contribution in [-0.2, 0) is 21.4 Å². The molecule has 0 bridgehead atoms. The number of carbonyl (C=O) groups excluding carboxylic acids is 1. The summed E-state index contributed by atoms with van der Waals surface area (Å²) in [5, 5.41) is 7.92. The first-order valence-electron chi connectivity index (χ1n) is 7.01. The van der Waals surface area contributed by atoms with Crippen LogP contribution in [0.1, 0.15) is 31.2 Å². The highest BCUT2D eigenvalue weighted by Crippen LogP contribution is 2.23. The number of halogens is 1. The quantitative estimate of drug-likeness (QED) is 0.750. The van der Waals surface area contributed by atoms with Crippen molar-refractivity contribution >= 4 is 28.3 Å². The molecule has 0 spiro atoms. The lowest BCUT2D eigenvalue weighted by atomic mass is 9.85. The number of nitrogens with one attached hydrogen (secondary N) is 1. The van der Waals surface area contributed by atoms with E-state index in [1.54, 1.807) is 12.1 Å². The Labute approximate surface area is 137 Å². The molecule has 1 aliphatic carbocycles. The van der Waals surface area contributed by atoms with E-state index in [4.69, 9.17) is 10.9 Å². The van der Waals surface area contributed by atoms with Gasteiger partial charge >= 0.3 is 0 Å². The molecule has 1 aromatic carbocycles. The van der Waals surface area contributed by atoms with Crippen LogP contribution in [0, 0.1) is 5.92 Å². The van der Waals surface area contributed by atoms with E-state index in [1.807, 2.05) is 0 Å². The van der Waals surface area contributed by atoms with Gasteiger partial charge < -0.3 is 11.1 Å². The fourth-order valence-electron chi connectivity index (χ4n) is 2.63. The van der Waals surface area contributed by atoms with Crippen molar-refractivity contribution in [1.82, 2.24) is 5.32 Å². The van der Waals surface area contributed by atoms with Gasteiger partial charge in [0.05, 0.1) is 4.90 Å². The molecule has 1 amide bonds. The number of amides is 1. The normalized spacial score (nSPS) is 21.7. The van der Waals surface area contributed by atoms with Crippen molar-refractivity contribution in [2.75, 3.05) is 0 Å². The number of benzene rings is 1. The number of hydrogen-bond acceptors (Lipinski definition) is 4. The minimum absolute atomic E-state index is 0. The highest BCUT2D eigenvalue weighted by Gasteiger charge is 2.25. The zero-order valence-electron chi connectivity index (χ0n) is 12.2.